The van der Waals surface area contributed by atoms with Crippen molar-refractivity contribution in [2.75, 3.05) is 6.54 Å². The number of hydrogen-bond acceptors (Lipinski definition) is 1. The van der Waals surface area contributed by atoms with Crippen molar-refractivity contribution in [2.24, 2.45) is 11.8 Å². The van der Waals surface area contributed by atoms with E-state index in [0.29, 0.717) is 0 Å². The predicted molar refractivity (Wildman–Crippen MR) is 56.4 cm³/mol. The van der Waals surface area contributed by atoms with E-state index in [1.54, 1.807) is 0 Å². The molecule has 0 aliphatic carbocycles. The van der Waals surface area contributed by atoms with E-state index in [-0.39, 0.29) is 0 Å². The summed E-state index contributed by atoms with van der Waals surface area (Å²) in [6.07, 6.45) is 2.67. The van der Waals surface area contributed by atoms with Gasteiger partial charge >= 0.3 is 0 Å². The lowest BCUT2D eigenvalue weighted by atomic mass is 9.92. The number of rotatable bonds is 2. The van der Waals surface area contributed by atoms with Crippen LogP contribution in [0.3, 0.4) is 0 Å². The molecule has 0 saturated carbocycles. The molecule has 1 nitrogen and oxygen atoms in total. The van der Waals surface area contributed by atoms with Crippen molar-refractivity contribution in [3.8, 4) is 0 Å². The maximum atomic E-state index is 3.56. The van der Waals surface area contributed by atoms with Gasteiger partial charge in [0.15, 0.2) is 0 Å². The Hall–Kier alpha value is -0.0400. The van der Waals surface area contributed by atoms with Crippen molar-refractivity contribution < 1.29 is 0 Å². The second-order valence-corrected chi connectivity index (χ2v) is 3.64. The zero-order chi connectivity index (χ0) is 9.56. The van der Waals surface area contributed by atoms with Gasteiger partial charge in [0.2, 0.25) is 0 Å². The van der Waals surface area contributed by atoms with Crippen molar-refractivity contribution in [3.05, 3.63) is 0 Å². The van der Waals surface area contributed by atoms with E-state index in [1.807, 2.05) is 13.8 Å². The van der Waals surface area contributed by atoms with Crippen molar-refractivity contribution in [1.29, 1.82) is 0 Å². The summed E-state index contributed by atoms with van der Waals surface area (Å²) in [4.78, 5) is 0. The molecule has 1 aliphatic rings. The molecule has 0 aromatic carbocycles. The van der Waals surface area contributed by atoms with Crippen molar-refractivity contribution in [1.82, 2.24) is 5.32 Å². The summed E-state index contributed by atoms with van der Waals surface area (Å²) < 4.78 is 0. The van der Waals surface area contributed by atoms with Crippen LogP contribution in [0.2, 0.25) is 0 Å². The fraction of sp³-hybridized carbons (Fsp3) is 1.00. The van der Waals surface area contributed by atoms with Gasteiger partial charge in [-0.3, -0.25) is 0 Å². The highest BCUT2D eigenvalue weighted by atomic mass is 15.0. The highest BCUT2D eigenvalue weighted by Crippen LogP contribution is 2.23. The first-order chi connectivity index (χ1) is 5.75. The summed E-state index contributed by atoms with van der Waals surface area (Å²) in [5, 5.41) is 3.56. The lowest BCUT2D eigenvalue weighted by Gasteiger charge is -2.15. The van der Waals surface area contributed by atoms with Crippen molar-refractivity contribution in [2.45, 2.75) is 53.5 Å². The van der Waals surface area contributed by atoms with Gasteiger partial charge in [0, 0.05) is 6.04 Å². The van der Waals surface area contributed by atoms with Crippen LogP contribution >= 0.6 is 0 Å². The maximum absolute atomic E-state index is 3.56. The van der Waals surface area contributed by atoms with E-state index in [0.717, 1.165) is 17.9 Å². The average Bonchev–Trinajstić information content (AvgIpc) is 2.41. The minimum absolute atomic E-state index is 0.806. The summed E-state index contributed by atoms with van der Waals surface area (Å²) >= 11 is 0. The third-order valence-corrected chi connectivity index (χ3v) is 2.83. The molecule has 1 heteroatoms. The summed E-state index contributed by atoms with van der Waals surface area (Å²) in [5.74, 6) is 1.77. The van der Waals surface area contributed by atoms with Gasteiger partial charge in [-0.25, -0.2) is 0 Å². The standard InChI is InChI=1S/C9H19N.C2H6/c1-4-5-9-8(3)7(2)6-10-9;1-2/h7-10H,4-6H2,1-3H3;1-2H3. The average molecular weight is 171 g/mol. The van der Waals surface area contributed by atoms with E-state index < -0.39 is 0 Å². The van der Waals surface area contributed by atoms with Gasteiger partial charge in [-0.1, -0.05) is 41.0 Å². The fourth-order valence-corrected chi connectivity index (χ4v) is 1.78. The second-order valence-electron chi connectivity index (χ2n) is 3.64. The molecule has 0 radical (unpaired) electrons. The lowest BCUT2D eigenvalue weighted by Crippen LogP contribution is -2.25. The van der Waals surface area contributed by atoms with E-state index in [4.69, 9.17) is 0 Å². The van der Waals surface area contributed by atoms with Gasteiger partial charge in [0.25, 0.3) is 0 Å². The molecule has 1 aliphatic heterocycles. The maximum Gasteiger partial charge on any atom is 0.00957 e. The minimum Gasteiger partial charge on any atom is -0.313 e. The van der Waals surface area contributed by atoms with Gasteiger partial charge in [-0.05, 0) is 24.8 Å². The molecule has 1 saturated heterocycles. The van der Waals surface area contributed by atoms with Gasteiger partial charge in [-0.2, -0.15) is 0 Å². The molecule has 1 heterocycles. The van der Waals surface area contributed by atoms with Crippen LogP contribution in [0.1, 0.15) is 47.5 Å². The zero-order valence-electron chi connectivity index (χ0n) is 9.35. The van der Waals surface area contributed by atoms with Crippen LogP contribution in [0.5, 0.6) is 0 Å². The molecule has 3 atom stereocenters. The SMILES string of the molecule is CC.CCCC1NCC(C)C1C. The molecule has 0 spiro atoms. The Morgan fingerprint density at radius 1 is 1.25 bits per heavy atom. The molecule has 0 aromatic rings. The molecule has 1 N–H and O–H groups in total. The van der Waals surface area contributed by atoms with E-state index in [1.165, 1.54) is 19.4 Å². The highest BCUT2D eigenvalue weighted by molar-refractivity contribution is 4.84. The molecule has 0 aromatic heterocycles. The van der Waals surface area contributed by atoms with Gasteiger partial charge in [0.1, 0.15) is 0 Å². The number of hydrogen-bond donors (Lipinski definition) is 1. The van der Waals surface area contributed by atoms with Crippen LogP contribution < -0.4 is 5.32 Å². The first-order valence-corrected chi connectivity index (χ1v) is 5.49. The van der Waals surface area contributed by atoms with Crippen LogP contribution in [0, 0.1) is 11.8 Å². The molecular weight excluding hydrogens is 146 g/mol. The molecule has 1 rings (SSSR count). The second kappa shape index (κ2) is 6.47. The Morgan fingerprint density at radius 2 is 1.83 bits per heavy atom. The highest BCUT2D eigenvalue weighted by Gasteiger charge is 2.27. The van der Waals surface area contributed by atoms with Gasteiger partial charge in [0.05, 0.1) is 0 Å². The minimum atomic E-state index is 0.806. The van der Waals surface area contributed by atoms with E-state index in [2.05, 4.69) is 26.1 Å². The topological polar surface area (TPSA) is 12.0 Å². The van der Waals surface area contributed by atoms with E-state index in [9.17, 15) is 0 Å². The van der Waals surface area contributed by atoms with Crippen LogP contribution in [-0.4, -0.2) is 12.6 Å². The Bertz CT molecular complexity index is 99.2. The molecular formula is C11H25N. The smallest absolute Gasteiger partial charge is 0.00957 e. The fourth-order valence-electron chi connectivity index (χ4n) is 1.78. The molecule has 0 amide bonds. The largest absolute Gasteiger partial charge is 0.313 e. The Morgan fingerprint density at radius 3 is 2.17 bits per heavy atom. The Kier molecular flexibility index (Phi) is 6.45. The first-order valence-electron chi connectivity index (χ1n) is 5.49. The molecule has 1 fully saturated rings. The van der Waals surface area contributed by atoms with Crippen LogP contribution in [-0.2, 0) is 0 Å². The quantitative estimate of drug-likeness (QED) is 0.673. The summed E-state index contributed by atoms with van der Waals surface area (Å²) in [6, 6.07) is 0.806. The first kappa shape index (κ1) is 12.0. The molecule has 3 unspecified atom stereocenters. The van der Waals surface area contributed by atoms with Crippen molar-refractivity contribution in [3.63, 3.8) is 0 Å². The third-order valence-electron chi connectivity index (χ3n) is 2.83. The van der Waals surface area contributed by atoms with Crippen LogP contribution in [0.15, 0.2) is 0 Å². The molecule has 0 bridgehead atoms. The van der Waals surface area contributed by atoms with Crippen LogP contribution in [0.4, 0.5) is 0 Å². The molecule has 12 heavy (non-hydrogen) atoms. The normalized spacial score (nSPS) is 34.2. The number of nitrogens with one attached hydrogen (secondary N) is 1. The summed E-state index contributed by atoms with van der Waals surface area (Å²) in [5.41, 5.74) is 0. The molecule has 74 valence electrons. The summed E-state index contributed by atoms with van der Waals surface area (Å²) in [6.45, 7) is 12.2. The Balaban J connectivity index is 0.000000561. The van der Waals surface area contributed by atoms with Gasteiger partial charge in [-0.15, -0.1) is 0 Å². The zero-order valence-corrected chi connectivity index (χ0v) is 9.35. The lowest BCUT2D eigenvalue weighted by molar-refractivity contribution is 0.396. The van der Waals surface area contributed by atoms with Gasteiger partial charge < -0.3 is 5.32 Å². The summed E-state index contributed by atoms with van der Waals surface area (Å²) in [7, 11) is 0. The van der Waals surface area contributed by atoms with Crippen molar-refractivity contribution >= 4 is 0 Å². The third kappa shape index (κ3) is 3.14. The predicted octanol–water partition coefficient (Wildman–Crippen LogP) is 3.06. The van der Waals surface area contributed by atoms with E-state index >= 15 is 0 Å². The monoisotopic (exact) mass is 171 g/mol. The van der Waals surface area contributed by atoms with Crippen LogP contribution in [0.25, 0.3) is 0 Å². The Labute approximate surface area is 77.9 Å².